The highest BCUT2D eigenvalue weighted by Crippen LogP contribution is 2.28. The molecule has 0 fully saturated rings. The van der Waals surface area contributed by atoms with Crippen LogP contribution in [0.2, 0.25) is 0 Å². The van der Waals surface area contributed by atoms with Gasteiger partial charge in [-0.2, -0.15) is 0 Å². The van der Waals surface area contributed by atoms with E-state index in [2.05, 4.69) is 0 Å². The van der Waals surface area contributed by atoms with Crippen LogP contribution in [0, 0.1) is 0 Å². The number of ether oxygens (including phenoxy) is 1. The van der Waals surface area contributed by atoms with Gasteiger partial charge in [-0.25, -0.2) is 0 Å². The summed E-state index contributed by atoms with van der Waals surface area (Å²) in [6.45, 7) is 0. The minimum Gasteiger partial charge on any atom is -0.496 e. The number of anilines is 1. The SMILES string of the molecule is COc1cc(N)cc2c1ccn2C. The second kappa shape index (κ2) is 2.69. The first-order valence-corrected chi connectivity index (χ1v) is 4.11. The Morgan fingerprint density at radius 2 is 2.15 bits per heavy atom. The van der Waals surface area contributed by atoms with Crippen LogP contribution in [0.5, 0.6) is 5.75 Å². The molecule has 0 aliphatic heterocycles. The number of fused-ring (bicyclic) bond motifs is 1. The van der Waals surface area contributed by atoms with E-state index in [-0.39, 0.29) is 0 Å². The summed E-state index contributed by atoms with van der Waals surface area (Å²) in [5.74, 6) is 0.829. The average Bonchev–Trinajstić information content (AvgIpc) is 2.47. The van der Waals surface area contributed by atoms with Gasteiger partial charge < -0.3 is 15.0 Å². The van der Waals surface area contributed by atoms with Crippen molar-refractivity contribution in [3.8, 4) is 5.75 Å². The summed E-state index contributed by atoms with van der Waals surface area (Å²) >= 11 is 0. The number of rotatable bonds is 1. The Kier molecular flexibility index (Phi) is 1.65. The van der Waals surface area contributed by atoms with Gasteiger partial charge in [0.25, 0.3) is 0 Å². The molecule has 0 amide bonds. The molecule has 13 heavy (non-hydrogen) atoms. The van der Waals surface area contributed by atoms with Crippen LogP contribution in [0.3, 0.4) is 0 Å². The Bertz CT molecular complexity index is 445. The van der Waals surface area contributed by atoms with E-state index in [9.17, 15) is 0 Å². The molecule has 1 heterocycles. The summed E-state index contributed by atoms with van der Waals surface area (Å²) in [6.07, 6.45) is 1.99. The van der Waals surface area contributed by atoms with E-state index in [1.165, 1.54) is 0 Å². The topological polar surface area (TPSA) is 40.2 Å². The van der Waals surface area contributed by atoms with Crippen molar-refractivity contribution in [1.82, 2.24) is 4.57 Å². The number of nitrogen functional groups attached to an aromatic ring is 1. The van der Waals surface area contributed by atoms with Crippen molar-refractivity contribution >= 4 is 16.6 Å². The highest BCUT2D eigenvalue weighted by molar-refractivity contribution is 5.89. The van der Waals surface area contributed by atoms with E-state index >= 15 is 0 Å². The largest absolute Gasteiger partial charge is 0.496 e. The molecule has 0 saturated heterocycles. The maximum Gasteiger partial charge on any atom is 0.130 e. The molecule has 3 heteroatoms. The van der Waals surface area contributed by atoms with E-state index in [1.54, 1.807) is 7.11 Å². The lowest BCUT2D eigenvalue weighted by Gasteiger charge is -2.04. The summed E-state index contributed by atoms with van der Waals surface area (Å²) in [6, 6.07) is 5.80. The maximum absolute atomic E-state index is 5.74. The number of nitrogens with two attached hydrogens (primary N) is 1. The van der Waals surface area contributed by atoms with Gasteiger partial charge in [0.2, 0.25) is 0 Å². The monoisotopic (exact) mass is 176 g/mol. The van der Waals surface area contributed by atoms with Gasteiger partial charge in [-0.3, -0.25) is 0 Å². The van der Waals surface area contributed by atoms with Crippen LogP contribution >= 0.6 is 0 Å². The first-order valence-electron chi connectivity index (χ1n) is 4.11. The predicted octanol–water partition coefficient (Wildman–Crippen LogP) is 1.77. The van der Waals surface area contributed by atoms with E-state index < -0.39 is 0 Å². The van der Waals surface area contributed by atoms with Crippen LogP contribution in [-0.4, -0.2) is 11.7 Å². The number of hydrogen-bond acceptors (Lipinski definition) is 2. The van der Waals surface area contributed by atoms with Crippen molar-refractivity contribution in [2.24, 2.45) is 7.05 Å². The van der Waals surface area contributed by atoms with Crippen molar-refractivity contribution in [2.75, 3.05) is 12.8 Å². The smallest absolute Gasteiger partial charge is 0.130 e. The van der Waals surface area contributed by atoms with Crippen molar-refractivity contribution in [2.45, 2.75) is 0 Å². The van der Waals surface area contributed by atoms with Crippen LogP contribution in [0.4, 0.5) is 5.69 Å². The molecule has 0 bridgehead atoms. The molecular weight excluding hydrogens is 164 g/mol. The van der Waals surface area contributed by atoms with Crippen LogP contribution in [0.1, 0.15) is 0 Å². The molecule has 0 unspecified atom stereocenters. The Hall–Kier alpha value is -1.64. The molecule has 3 nitrogen and oxygen atoms in total. The van der Waals surface area contributed by atoms with Crippen LogP contribution in [0.15, 0.2) is 24.4 Å². The Labute approximate surface area is 76.7 Å². The van der Waals surface area contributed by atoms with Gasteiger partial charge in [0.1, 0.15) is 5.75 Å². The molecule has 68 valence electrons. The fourth-order valence-corrected chi connectivity index (χ4v) is 1.53. The van der Waals surface area contributed by atoms with Gasteiger partial charge in [0, 0.05) is 30.4 Å². The molecule has 0 radical (unpaired) electrons. The number of methoxy groups -OCH3 is 1. The van der Waals surface area contributed by atoms with E-state index in [1.807, 2.05) is 36.0 Å². The zero-order chi connectivity index (χ0) is 9.42. The molecule has 0 aliphatic rings. The minimum absolute atomic E-state index is 0.728. The summed E-state index contributed by atoms with van der Waals surface area (Å²) in [4.78, 5) is 0. The molecule has 0 aliphatic carbocycles. The van der Waals surface area contributed by atoms with Gasteiger partial charge in [0.05, 0.1) is 12.6 Å². The summed E-state index contributed by atoms with van der Waals surface area (Å²) < 4.78 is 7.25. The zero-order valence-corrected chi connectivity index (χ0v) is 7.74. The fourth-order valence-electron chi connectivity index (χ4n) is 1.53. The minimum atomic E-state index is 0.728. The van der Waals surface area contributed by atoms with Crippen molar-refractivity contribution in [3.63, 3.8) is 0 Å². The Balaban J connectivity index is 2.84. The average molecular weight is 176 g/mol. The maximum atomic E-state index is 5.74. The van der Waals surface area contributed by atoms with Gasteiger partial charge in [-0.05, 0) is 12.1 Å². The third-order valence-corrected chi connectivity index (χ3v) is 2.21. The highest BCUT2D eigenvalue weighted by atomic mass is 16.5. The van der Waals surface area contributed by atoms with Gasteiger partial charge in [0.15, 0.2) is 0 Å². The molecular formula is C10H12N2O. The second-order valence-corrected chi connectivity index (χ2v) is 3.08. The quantitative estimate of drug-likeness (QED) is 0.673. The lowest BCUT2D eigenvalue weighted by molar-refractivity contribution is 0.420. The first-order chi connectivity index (χ1) is 6.22. The van der Waals surface area contributed by atoms with Crippen molar-refractivity contribution in [3.05, 3.63) is 24.4 Å². The van der Waals surface area contributed by atoms with Crippen molar-refractivity contribution in [1.29, 1.82) is 0 Å². The summed E-state index contributed by atoms with van der Waals surface area (Å²) in [5.41, 5.74) is 7.56. The summed E-state index contributed by atoms with van der Waals surface area (Å²) in [5, 5.41) is 1.10. The van der Waals surface area contributed by atoms with E-state index in [0.717, 1.165) is 22.3 Å². The second-order valence-electron chi connectivity index (χ2n) is 3.08. The number of benzene rings is 1. The number of aryl methyl sites for hydroxylation is 1. The number of aromatic nitrogens is 1. The van der Waals surface area contributed by atoms with Crippen LogP contribution < -0.4 is 10.5 Å². The third-order valence-electron chi connectivity index (χ3n) is 2.21. The Morgan fingerprint density at radius 1 is 1.38 bits per heavy atom. The molecule has 0 atom stereocenters. The third kappa shape index (κ3) is 1.13. The summed E-state index contributed by atoms with van der Waals surface area (Å²) in [7, 11) is 3.64. The lowest BCUT2D eigenvalue weighted by atomic mass is 10.2. The van der Waals surface area contributed by atoms with Crippen LogP contribution in [0.25, 0.3) is 10.9 Å². The van der Waals surface area contributed by atoms with Gasteiger partial charge in [-0.1, -0.05) is 0 Å². The van der Waals surface area contributed by atoms with Crippen LogP contribution in [-0.2, 0) is 7.05 Å². The molecule has 2 rings (SSSR count). The van der Waals surface area contributed by atoms with Gasteiger partial charge in [-0.15, -0.1) is 0 Å². The van der Waals surface area contributed by atoms with Gasteiger partial charge >= 0.3 is 0 Å². The number of hydrogen-bond donors (Lipinski definition) is 1. The predicted molar refractivity (Wildman–Crippen MR) is 53.9 cm³/mol. The first kappa shape index (κ1) is 7.98. The number of nitrogens with zero attached hydrogens (tertiary/aromatic N) is 1. The molecule has 2 N–H and O–H groups in total. The van der Waals surface area contributed by atoms with E-state index in [4.69, 9.17) is 10.5 Å². The molecule has 0 spiro atoms. The molecule has 1 aromatic heterocycles. The standard InChI is InChI=1S/C10H12N2O/c1-12-4-3-8-9(12)5-7(11)6-10(8)13-2/h3-6H,11H2,1-2H3. The fraction of sp³-hybridized carbons (Fsp3) is 0.200. The zero-order valence-electron chi connectivity index (χ0n) is 7.74. The lowest BCUT2D eigenvalue weighted by Crippen LogP contribution is -1.91. The normalized spacial score (nSPS) is 10.6. The molecule has 2 aromatic rings. The highest BCUT2D eigenvalue weighted by Gasteiger charge is 2.04. The molecule has 1 aromatic carbocycles. The Morgan fingerprint density at radius 3 is 2.85 bits per heavy atom. The van der Waals surface area contributed by atoms with Crippen molar-refractivity contribution < 1.29 is 4.74 Å². The van der Waals surface area contributed by atoms with E-state index in [0.29, 0.717) is 0 Å². The molecule has 0 saturated carbocycles.